The van der Waals surface area contributed by atoms with Gasteiger partial charge in [-0.2, -0.15) is 5.06 Å². The summed E-state index contributed by atoms with van der Waals surface area (Å²) in [6, 6.07) is 8.06. The van der Waals surface area contributed by atoms with Gasteiger partial charge in [0.15, 0.2) is 0 Å². The number of benzene rings is 1. The van der Waals surface area contributed by atoms with Crippen LogP contribution in [0.5, 0.6) is 0 Å². The SMILES string of the molecule is CON1CCC(CC(=O)NCc2ccccc2CN2CCCC2=O)CC1. The predicted molar refractivity (Wildman–Crippen MR) is 98.9 cm³/mol. The van der Waals surface area contributed by atoms with Gasteiger partial charge in [0.2, 0.25) is 11.8 Å². The Labute approximate surface area is 155 Å². The molecule has 2 amide bonds. The van der Waals surface area contributed by atoms with Gasteiger partial charge in [-0.25, -0.2) is 0 Å². The molecule has 1 aromatic rings. The van der Waals surface area contributed by atoms with E-state index in [2.05, 4.69) is 5.32 Å². The maximum atomic E-state index is 12.3. The van der Waals surface area contributed by atoms with Crippen molar-refractivity contribution in [2.75, 3.05) is 26.7 Å². The van der Waals surface area contributed by atoms with Gasteiger partial charge in [0.05, 0.1) is 7.11 Å². The zero-order chi connectivity index (χ0) is 18.4. The molecule has 0 aliphatic carbocycles. The average Bonchev–Trinajstić information content (AvgIpc) is 3.06. The molecular formula is C20H29N3O3. The van der Waals surface area contributed by atoms with Crippen LogP contribution in [0.1, 0.15) is 43.2 Å². The number of hydroxylamine groups is 2. The minimum atomic E-state index is 0.105. The van der Waals surface area contributed by atoms with Crippen LogP contribution in [0.15, 0.2) is 24.3 Å². The van der Waals surface area contributed by atoms with Crippen LogP contribution in [0.3, 0.4) is 0 Å². The van der Waals surface area contributed by atoms with Crippen molar-refractivity contribution in [3.8, 4) is 0 Å². The number of amides is 2. The molecule has 0 radical (unpaired) electrons. The third-order valence-corrected chi connectivity index (χ3v) is 5.43. The molecular weight excluding hydrogens is 330 g/mol. The van der Waals surface area contributed by atoms with E-state index >= 15 is 0 Å². The predicted octanol–water partition coefficient (Wildman–Crippen LogP) is 2.09. The Balaban J connectivity index is 1.48. The number of carbonyl (C=O) groups is 2. The van der Waals surface area contributed by atoms with E-state index in [0.29, 0.717) is 31.8 Å². The molecule has 2 heterocycles. The highest BCUT2D eigenvalue weighted by Crippen LogP contribution is 2.21. The van der Waals surface area contributed by atoms with E-state index < -0.39 is 0 Å². The van der Waals surface area contributed by atoms with Gasteiger partial charge in [0.1, 0.15) is 0 Å². The molecule has 2 saturated heterocycles. The van der Waals surface area contributed by atoms with Crippen molar-refractivity contribution in [1.29, 1.82) is 0 Å². The Morgan fingerprint density at radius 3 is 2.58 bits per heavy atom. The number of nitrogens with zero attached hydrogens (tertiary/aromatic N) is 2. The topological polar surface area (TPSA) is 61.9 Å². The van der Waals surface area contributed by atoms with Gasteiger partial charge in [-0.3, -0.25) is 9.59 Å². The smallest absolute Gasteiger partial charge is 0.222 e. The molecule has 6 nitrogen and oxygen atoms in total. The summed E-state index contributed by atoms with van der Waals surface area (Å²) in [5.41, 5.74) is 2.21. The van der Waals surface area contributed by atoms with Gasteiger partial charge in [-0.1, -0.05) is 24.3 Å². The standard InChI is InChI=1S/C20H29N3O3/c1-26-23-11-8-16(9-12-23)13-19(24)21-14-17-5-2-3-6-18(17)15-22-10-4-7-20(22)25/h2-3,5-6,16H,4,7-15H2,1H3,(H,21,24). The first kappa shape index (κ1) is 18.9. The number of hydrogen-bond donors (Lipinski definition) is 1. The number of piperidine rings is 1. The Bertz CT molecular complexity index is 626. The number of likely N-dealkylation sites (tertiary alicyclic amines) is 1. The quantitative estimate of drug-likeness (QED) is 0.810. The lowest BCUT2D eigenvalue weighted by atomic mass is 9.94. The summed E-state index contributed by atoms with van der Waals surface area (Å²) < 4.78 is 0. The van der Waals surface area contributed by atoms with Gasteiger partial charge in [0, 0.05) is 45.6 Å². The minimum absolute atomic E-state index is 0.105. The Kier molecular flexibility index (Phi) is 6.63. The Hall–Kier alpha value is -1.92. The Morgan fingerprint density at radius 1 is 1.19 bits per heavy atom. The van der Waals surface area contributed by atoms with Crippen LogP contribution in [0, 0.1) is 5.92 Å². The van der Waals surface area contributed by atoms with Crippen LogP contribution in [0.25, 0.3) is 0 Å². The third kappa shape index (κ3) is 5.05. The monoisotopic (exact) mass is 359 g/mol. The van der Waals surface area contributed by atoms with Crippen LogP contribution in [-0.4, -0.2) is 48.5 Å². The molecule has 3 rings (SSSR count). The van der Waals surface area contributed by atoms with E-state index in [4.69, 9.17) is 4.84 Å². The fourth-order valence-electron chi connectivity index (χ4n) is 3.79. The summed E-state index contributed by atoms with van der Waals surface area (Å²) in [6.45, 7) is 3.77. The average molecular weight is 359 g/mol. The summed E-state index contributed by atoms with van der Waals surface area (Å²) in [6.07, 6.45) is 4.16. The van der Waals surface area contributed by atoms with Crippen LogP contribution in [0.2, 0.25) is 0 Å². The lowest BCUT2D eigenvalue weighted by Crippen LogP contribution is -2.35. The lowest BCUT2D eigenvalue weighted by molar-refractivity contribution is -0.149. The first-order valence-corrected chi connectivity index (χ1v) is 9.56. The van der Waals surface area contributed by atoms with Crippen LogP contribution >= 0.6 is 0 Å². The third-order valence-electron chi connectivity index (χ3n) is 5.43. The molecule has 0 atom stereocenters. The zero-order valence-electron chi connectivity index (χ0n) is 15.6. The van der Waals surface area contributed by atoms with Crippen molar-refractivity contribution in [3.05, 3.63) is 35.4 Å². The number of hydrogen-bond acceptors (Lipinski definition) is 4. The van der Waals surface area contributed by atoms with Crippen molar-refractivity contribution in [2.24, 2.45) is 5.92 Å². The normalized spacial score (nSPS) is 19.1. The summed E-state index contributed by atoms with van der Waals surface area (Å²) in [5.74, 6) is 0.762. The molecule has 0 unspecified atom stereocenters. The number of rotatable bonds is 7. The highest BCUT2D eigenvalue weighted by molar-refractivity contribution is 5.78. The van der Waals surface area contributed by atoms with Crippen molar-refractivity contribution in [1.82, 2.24) is 15.3 Å². The van der Waals surface area contributed by atoms with Crippen molar-refractivity contribution < 1.29 is 14.4 Å². The van der Waals surface area contributed by atoms with Crippen molar-refractivity contribution >= 4 is 11.8 Å². The van der Waals surface area contributed by atoms with E-state index in [-0.39, 0.29) is 11.8 Å². The molecule has 0 saturated carbocycles. The number of nitrogens with one attached hydrogen (secondary N) is 1. The van der Waals surface area contributed by atoms with Gasteiger partial charge in [-0.05, 0) is 36.3 Å². The molecule has 6 heteroatoms. The van der Waals surface area contributed by atoms with E-state index in [1.165, 1.54) is 0 Å². The molecule has 0 aromatic heterocycles. The summed E-state index contributed by atoms with van der Waals surface area (Å²) >= 11 is 0. The number of carbonyl (C=O) groups excluding carboxylic acids is 2. The summed E-state index contributed by atoms with van der Waals surface area (Å²) in [4.78, 5) is 31.3. The summed E-state index contributed by atoms with van der Waals surface area (Å²) in [5, 5.41) is 5.01. The Morgan fingerprint density at radius 2 is 1.92 bits per heavy atom. The van der Waals surface area contributed by atoms with Gasteiger partial charge >= 0.3 is 0 Å². The molecule has 1 aromatic carbocycles. The fraction of sp³-hybridized carbons (Fsp3) is 0.600. The molecule has 2 fully saturated rings. The molecule has 1 N–H and O–H groups in total. The molecule has 142 valence electrons. The van der Waals surface area contributed by atoms with Gasteiger partial charge < -0.3 is 15.1 Å². The van der Waals surface area contributed by atoms with Crippen LogP contribution < -0.4 is 5.32 Å². The van der Waals surface area contributed by atoms with Crippen LogP contribution in [0.4, 0.5) is 0 Å². The van der Waals surface area contributed by atoms with E-state index in [1.807, 2.05) is 34.2 Å². The van der Waals surface area contributed by atoms with Gasteiger partial charge in [-0.15, -0.1) is 0 Å². The first-order chi connectivity index (χ1) is 12.7. The summed E-state index contributed by atoms with van der Waals surface area (Å²) in [7, 11) is 1.69. The first-order valence-electron chi connectivity index (χ1n) is 9.56. The molecule has 2 aliphatic rings. The second-order valence-electron chi connectivity index (χ2n) is 7.22. The van der Waals surface area contributed by atoms with Crippen molar-refractivity contribution in [2.45, 2.75) is 45.2 Å². The maximum absolute atomic E-state index is 12.3. The van der Waals surface area contributed by atoms with E-state index in [1.54, 1.807) is 7.11 Å². The van der Waals surface area contributed by atoms with E-state index in [9.17, 15) is 9.59 Å². The van der Waals surface area contributed by atoms with Crippen molar-refractivity contribution in [3.63, 3.8) is 0 Å². The van der Waals surface area contributed by atoms with Gasteiger partial charge in [0.25, 0.3) is 0 Å². The van der Waals surface area contributed by atoms with Crippen LogP contribution in [-0.2, 0) is 27.5 Å². The highest BCUT2D eigenvalue weighted by Gasteiger charge is 2.22. The second kappa shape index (κ2) is 9.14. The minimum Gasteiger partial charge on any atom is -0.352 e. The fourth-order valence-corrected chi connectivity index (χ4v) is 3.79. The molecule has 0 spiro atoms. The largest absolute Gasteiger partial charge is 0.352 e. The van der Waals surface area contributed by atoms with E-state index in [0.717, 1.165) is 50.0 Å². The zero-order valence-corrected chi connectivity index (χ0v) is 15.6. The molecule has 26 heavy (non-hydrogen) atoms. The second-order valence-corrected chi connectivity index (χ2v) is 7.22. The maximum Gasteiger partial charge on any atom is 0.222 e. The lowest BCUT2D eigenvalue weighted by Gasteiger charge is -2.29. The molecule has 2 aliphatic heterocycles. The molecule has 0 bridgehead atoms. The highest BCUT2D eigenvalue weighted by atomic mass is 16.7.